The number of primary amides is 1. The van der Waals surface area contributed by atoms with E-state index < -0.39 is 5.91 Å². The van der Waals surface area contributed by atoms with Gasteiger partial charge in [0.05, 0.1) is 5.56 Å². The number of nitrogens with one attached hydrogen (secondary N) is 2. The van der Waals surface area contributed by atoms with Gasteiger partial charge in [-0.3, -0.25) is 14.4 Å². The van der Waals surface area contributed by atoms with Crippen molar-refractivity contribution in [2.45, 2.75) is 96.4 Å². The number of carbonyl (C=O) groups excluding carboxylic acids is 3. The van der Waals surface area contributed by atoms with E-state index in [1.807, 2.05) is 19.1 Å². The number of carbonyl (C=O) groups is 3. The predicted molar refractivity (Wildman–Crippen MR) is 156 cm³/mol. The Morgan fingerprint density at radius 2 is 1.48 bits per heavy atom. The molecule has 9 heteroatoms. The molecule has 214 valence electrons. The summed E-state index contributed by atoms with van der Waals surface area (Å²) in [7, 11) is 0. The minimum absolute atomic E-state index is 0.0548. The van der Waals surface area contributed by atoms with Crippen LogP contribution in [-0.2, 0) is 0 Å². The van der Waals surface area contributed by atoms with Crippen molar-refractivity contribution in [3.63, 3.8) is 0 Å². The average Bonchev–Trinajstić information content (AvgIpc) is 3.19. The van der Waals surface area contributed by atoms with Gasteiger partial charge < -0.3 is 26.2 Å². The van der Waals surface area contributed by atoms with E-state index in [-0.39, 0.29) is 23.9 Å². The van der Waals surface area contributed by atoms with Gasteiger partial charge in [-0.05, 0) is 102 Å². The lowest BCUT2D eigenvalue weighted by atomic mass is 9.95. The van der Waals surface area contributed by atoms with Gasteiger partial charge in [0.25, 0.3) is 11.8 Å². The molecule has 3 amide bonds. The van der Waals surface area contributed by atoms with E-state index in [2.05, 4.69) is 34.3 Å². The third-order valence-corrected chi connectivity index (χ3v) is 9.02. The van der Waals surface area contributed by atoms with Crippen LogP contribution in [0.1, 0.15) is 94.6 Å². The van der Waals surface area contributed by atoms with Gasteiger partial charge >= 0.3 is 0 Å². The summed E-state index contributed by atoms with van der Waals surface area (Å²) in [6, 6.07) is 8.71. The van der Waals surface area contributed by atoms with Crippen LogP contribution in [0.25, 0.3) is 0 Å². The molecular formula is C31H42N6O3. The molecule has 1 aromatic heterocycles. The monoisotopic (exact) mass is 546 g/mol. The van der Waals surface area contributed by atoms with Crippen molar-refractivity contribution < 1.29 is 14.4 Å². The van der Waals surface area contributed by atoms with Crippen molar-refractivity contribution in [2.75, 3.05) is 18.0 Å². The van der Waals surface area contributed by atoms with Crippen LogP contribution in [0.4, 0.5) is 5.82 Å². The van der Waals surface area contributed by atoms with Gasteiger partial charge in [-0.1, -0.05) is 0 Å². The lowest BCUT2D eigenvalue weighted by molar-refractivity contribution is 0.0897. The summed E-state index contributed by atoms with van der Waals surface area (Å²) in [6.07, 6.45) is 7.45. The molecular weight excluding hydrogens is 504 g/mol. The molecule has 0 saturated carbocycles. The Kier molecular flexibility index (Phi) is 8.12. The van der Waals surface area contributed by atoms with Gasteiger partial charge in [0.1, 0.15) is 5.82 Å². The molecule has 3 fully saturated rings. The summed E-state index contributed by atoms with van der Waals surface area (Å²) in [5, 5.41) is 6.43. The fourth-order valence-electron chi connectivity index (χ4n) is 6.76. The van der Waals surface area contributed by atoms with Crippen molar-refractivity contribution >= 4 is 23.5 Å². The number of fused-ring (bicyclic) bond motifs is 2. The highest BCUT2D eigenvalue weighted by atomic mass is 16.2. The molecule has 3 aliphatic rings. The first-order valence-corrected chi connectivity index (χ1v) is 14.6. The summed E-state index contributed by atoms with van der Waals surface area (Å²) < 4.78 is 0. The van der Waals surface area contributed by atoms with Crippen LogP contribution in [0, 0.1) is 13.8 Å². The first kappa shape index (κ1) is 28.1. The molecule has 2 unspecified atom stereocenters. The number of benzene rings is 1. The zero-order valence-corrected chi connectivity index (χ0v) is 24.1. The molecule has 0 radical (unpaired) electrons. The van der Waals surface area contributed by atoms with Crippen molar-refractivity contribution in [1.82, 2.24) is 20.5 Å². The van der Waals surface area contributed by atoms with Gasteiger partial charge in [-0.25, -0.2) is 4.98 Å². The Hall–Kier alpha value is -3.46. The first-order chi connectivity index (χ1) is 19.1. The van der Waals surface area contributed by atoms with Crippen molar-refractivity contribution in [3.05, 3.63) is 58.3 Å². The third kappa shape index (κ3) is 5.84. The second-order valence-electron chi connectivity index (χ2n) is 12.1. The minimum Gasteiger partial charge on any atom is -0.366 e. The van der Waals surface area contributed by atoms with Gasteiger partial charge in [0, 0.05) is 60.6 Å². The number of nitrogens with two attached hydrogens (primary N) is 1. The molecule has 1 aromatic carbocycles. The summed E-state index contributed by atoms with van der Waals surface area (Å²) in [4.78, 5) is 47.2. The van der Waals surface area contributed by atoms with E-state index in [4.69, 9.17) is 10.7 Å². The van der Waals surface area contributed by atoms with E-state index in [0.29, 0.717) is 40.4 Å². The maximum Gasteiger partial charge on any atom is 0.253 e. The lowest BCUT2D eigenvalue weighted by Gasteiger charge is -2.40. The van der Waals surface area contributed by atoms with E-state index in [0.717, 1.165) is 63.0 Å². The molecule has 3 saturated heterocycles. The van der Waals surface area contributed by atoms with Crippen LogP contribution in [0.3, 0.4) is 0 Å². The number of amides is 3. The molecule has 2 bridgehead atoms. The normalized spacial score (nSPS) is 23.3. The number of aromatic nitrogens is 1. The quantitative estimate of drug-likeness (QED) is 0.490. The Balaban J connectivity index is 1.17. The Bertz CT molecular complexity index is 1250. The SMILES string of the molecule is Cc1cc(C(=O)NC2CC3CCC(C2)N3c2ccc(C(=O)NC3CCN(C(C)C)CC3)cn2)c(C)cc1C(N)=O. The van der Waals surface area contributed by atoms with Crippen LogP contribution < -0.4 is 21.3 Å². The van der Waals surface area contributed by atoms with Crippen LogP contribution >= 0.6 is 0 Å². The molecule has 2 aromatic rings. The van der Waals surface area contributed by atoms with Crippen LogP contribution in [0.5, 0.6) is 0 Å². The number of hydrogen-bond donors (Lipinski definition) is 3. The van der Waals surface area contributed by atoms with Crippen molar-refractivity contribution in [2.24, 2.45) is 5.73 Å². The van der Waals surface area contributed by atoms with E-state index in [1.54, 1.807) is 25.3 Å². The highest BCUT2D eigenvalue weighted by Crippen LogP contribution is 2.38. The van der Waals surface area contributed by atoms with Crippen LogP contribution in [0.15, 0.2) is 30.5 Å². The molecule has 4 heterocycles. The summed E-state index contributed by atoms with van der Waals surface area (Å²) >= 11 is 0. The zero-order valence-electron chi connectivity index (χ0n) is 24.1. The highest BCUT2D eigenvalue weighted by molar-refractivity contribution is 5.99. The lowest BCUT2D eigenvalue weighted by Crippen LogP contribution is -2.51. The predicted octanol–water partition coefficient (Wildman–Crippen LogP) is 3.33. The Morgan fingerprint density at radius 3 is 2.05 bits per heavy atom. The summed E-state index contributed by atoms with van der Waals surface area (Å²) in [5.74, 6) is 0.243. The molecule has 9 nitrogen and oxygen atoms in total. The molecule has 40 heavy (non-hydrogen) atoms. The average molecular weight is 547 g/mol. The van der Waals surface area contributed by atoms with Gasteiger partial charge in [-0.15, -0.1) is 0 Å². The minimum atomic E-state index is -0.485. The molecule has 4 N–H and O–H groups in total. The smallest absolute Gasteiger partial charge is 0.253 e. The van der Waals surface area contributed by atoms with Gasteiger partial charge in [0.15, 0.2) is 0 Å². The zero-order chi connectivity index (χ0) is 28.6. The second-order valence-corrected chi connectivity index (χ2v) is 12.1. The molecule has 5 rings (SSSR count). The topological polar surface area (TPSA) is 121 Å². The number of nitrogens with zero attached hydrogens (tertiary/aromatic N) is 3. The van der Waals surface area contributed by atoms with Crippen molar-refractivity contribution in [1.29, 1.82) is 0 Å². The number of pyridine rings is 1. The molecule has 3 aliphatic heterocycles. The molecule has 2 atom stereocenters. The fourth-order valence-corrected chi connectivity index (χ4v) is 6.76. The van der Waals surface area contributed by atoms with Gasteiger partial charge in [0.2, 0.25) is 5.91 Å². The molecule has 0 aliphatic carbocycles. The van der Waals surface area contributed by atoms with E-state index in [9.17, 15) is 14.4 Å². The standard InChI is InChI=1S/C31H42N6O3/c1-18(2)36-11-9-22(10-12-36)34-30(39)21-5-8-28(33-17-21)37-24-6-7-25(37)16-23(15-24)35-31(40)27-14-19(3)26(29(32)38)13-20(27)4/h5,8,13-14,17-18,22-25H,6-7,9-12,15-16H2,1-4H3,(H2,32,38)(H,34,39)(H,35,40). The summed E-state index contributed by atoms with van der Waals surface area (Å²) in [6.45, 7) is 10.1. The number of hydrogen-bond acceptors (Lipinski definition) is 6. The summed E-state index contributed by atoms with van der Waals surface area (Å²) in [5.41, 5.74) is 8.53. The van der Waals surface area contributed by atoms with Crippen LogP contribution in [0.2, 0.25) is 0 Å². The van der Waals surface area contributed by atoms with Crippen LogP contribution in [-0.4, -0.2) is 70.9 Å². The molecule has 0 spiro atoms. The first-order valence-electron chi connectivity index (χ1n) is 14.6. The highest BCUT2D eigenvalue weighted by Gasteiger charge is 2.42. The van der Waals surface area contributed by atoms with Crippen molar-refractivity contribution in [3.8, 4) is 0 Å². The maximum atomic E-state index is 13.1. The number of piperidine rings is 2. The second kappa shape index (κ2) is 11.6. The third-order valence-electron chi connectivity index (χ3n) is 9.02. The largest absolute Gasteiger partial charge is 0.366 e. The van der Waals surface area contributed by atoms with E-state index in [1.165, 1.54) is 0 Å². The fraction of sp³-hybridized carbons (Fsp3) is 0.548. The Labute approximate surface area is 236 Å². The Morgan fingerprint density at radius 1 is 0.875 bits per heavy atom. The van der Waals surface area contributed by atoms with Gasteiger partial charge in [-0.2, -0.15) is 0 Å². The van der Waals surface area contributed by atoms with E-state index >= 15 is 0 Å². The number of anilines is 1. The number of likely N-dealkylation sites (tertiary alicyclic amines) is 1. The maximum absolute atomic E-state index is 13.1. The number of rotatable bonds is 7. The number of aryl methyl sites for hydroxylation is 2.